The van der Waals surface area contributed by atoms with Gasteiger partial charge in [0.15, 0.2) is 0 Å². The minimum absolute atomic E-state index is 0. The van der Waals surface area contributed by atoms with Gasteiger partial charge in [-0.25, -0.2) is 0 Å². The fourth-order valence-corrected chi connectivity index (χ4v) is 3.91. The normalized spacial score (nSPS) is 14.5. The fourth-order valence-electron chi connectivity index (χ4n) is 3.91. The summed E-state index contributed by atoms with van der Waals surface area (Å²) in [6.45, 7) is 2.11. The van der Waals surface area contributed by atoms with Crippen LogP contribution in [0.3, 0.4) is 0 Å². The van der Waals surface area contributed by atoms with Crippen molar-refractivity contribution in [3.8, 4) is 0 Å². The molecular weight excluding hydrogens is 314 g/mol. The van der Waals surface area contributed by atoms with E-state index in [0.717, 1.165) is 13.1 Å². The maximum atomic E-state index is 3.48. The number of nitrogens with one attached hydrogen (secondary N) is 1. The molecule has 1 aliphatic rings. The summed E-state index contributed by atoms with van der Waals surface area (Å²) in [5.41, 5.74) is 4.05. The highest BCUT2D eigenvalue weighted by Crippen LogP contribution is 2.46. The molecule has 24 heavy (non-hydrogen) atoms. The Labute approximate surface area is 150 Å². The minimum atomic E-state index is -0.0883. The average molecular weight is 336 g/mol. The second-order valence-corrected chi connectivity index (χ2v) is 6.26. The smallest absolute Gasteiger partial charge is 0.0503 e. The first kappa shape index (κ1) is 16.8. The molecule has 1 heterocycles. The summed E-state index contributed by atoms with van der Waals surface area (Å²) < 4.78 is 0. The van der Waals surface area contributed by atoms with Crippen LogP contribution in [0.2, 0.25) is 0 Å². The van der Waals surface area contributed by atoms with Gasteiger partial charge in [-0.15, -0.1) is 12.4 Å². The Kier molecular flexibility index (Phi) is 5.03. The molecule has 3 aromatic carbocycles. The molecule has 1 N–H and O–H groups in total. The summed E-state index contributed by atoms with van der Waals surface area (Å²) in [6.07, 6.45) is 0. The van der Waals surface area contributed by atoms with Crippen molar-refractivity contribution in [1.29, 1.82) is 0 Å². The monoisotopic (exact) mass is 335 g/mol. The second-order valence-electron chi connectivity index (χ2n) is 6.26. The molecule has 0 spiro atoms. The molecule has 1 saturated heterocycles. The third-order valence-corrected chi connectivity index (χ3v) is 5.08. The van der Waals surface area contributed by atoms with Crippen LogP contribution in [0.25, 0.3) is 0 Å². The standard InChI is InChI=1S/C22H21N.ClH/c1-4-10-18(11-5-1)22(21-16-23-17-21,19-12-6-2-7-13-19)20-14-8-3-9-15-20;/h1-15,21,23H,16-17H2;1H. The summed E-state index contributed by atoms with van der Waals surface area (Å²) in [5, 5.41) is 3.48. The molecular formula is C22H22ClN. The highest BCUT2D eigenvalue weighted by molar-refractivity contribution is 5.85. The molecule has 0 saturated carbocycles. The molecule has 3 aromatic rings. The Morgan fingerprint density at radius 1 is 0.583 bits per heavy atom. The summed E-state index contributed by atoms with van der Waals surface area (Å²) in [7, 11) is 0. The van der Waals surface area contributed by atoms with Gasteiger partial charge in [-0.3, -0.25) is 0 Å². The fraction of sp³-hybridized carbons (Fsp3) is 0.182. The van der Waals surface area contributed by atoms with Crippen molar-refractivity contribution < 1.29 is 0 Å². The van der Waals surface area contributed by atoms with Gasteiger partial charge in [0.2, 0.25) is 0 Å². The van der Waals surface area contributed by atoms with Crippen molar-refractivity contribution in [3.63, 3.8) is 0 Å². The van der Waals surface area contributed by atoms with Crippen LogP contribution < -0.4 is 5.32 Å². The lowest BCUT2D eigenvalue weighted by Gasteiger charge is -2.47. The van der Waals surface area contributed by atoms with E-state index in [0.29, 0.717) is 5.92 Å². The van der Waals surface area contributed by atoms with E-state index in [2.05, 4.69) is 96.3 Å². The molecule has 0 atom stereocenters. The molecule has 0 amide bonds. The topological polar surface area (TPSA) is 12.0 Å². The third kappa shape index (κ3) is 2.64. The maximum absolute atomic E-state index is 3.48. The summed E-state index contributed by atoms with van der Waals surface area (Å²) in [5.74, 6) is 0.565. The summed E-state index contributed by atoms with van der Waals surface area (Å²) in [6, 6.07) is 32.9. The molecule has 1 fully saturated rings. The lowest BCUT2D eigenvalue weighted by atomic mass is 9.60. The van der Waals surface area contributed by atoms with Gasteiger partial charge in [0.25, 0.3) is 0 Å². The SMILES string of the molecule is Cl.c1ccc(C(c2ccccc2)(c2ccccc2)C2CNC2)cc1. The van der Waals surface area contributed by atoms with Gasteiger partial charge in [0.05, 0.1) is 5.41 Å². The summed E-state index contributed by atoms with van der Waals surface area (Å²) >= 11 is 0. The average Bonchev–Trinajstić information content (AvgIpc) is 2.60. The van der Waals surface area contributed by atoms with E-state index >= 15 is 0 Å². The molecule has 1 nitrogen and oxygen atoms in total. The van der Waals surface area contributed by atoms with Crippen molar-refractivity contribution in [2.45, 2.75) is 5.41 Å². The van der Waals surface area contributed by atoms with Crippen molar-refractivity contribution in [1.82, 2.24) is 5.32 Å². The number of hydrogen-bond donors (Lipinski definition) is 1. The number of hydrogen-bond acceptors (Lipinski definition) is 1. The highest BCUT2D eigenvalue weighted by Gasteiger charge is 2.45. The minimum Gasteiger partial charge on any atom is -0.316 e. The molecule has 0 bridgehead atoms. The van der Waals surface area contributed by atoms with Gasteiger partial charge in [0, 0.05) is 19.0 Å². The predicted molar refractivity (Wildman–Crippen MR) is 103 cm³/mol. The van der Waals surface area contributed by atoms with Gasteiger partial charge in [0.1, 0.15) is 0 Å². The zero-order valence-corrected chi connectivity index (χ0v) is 14.4. The van der Waals surface area contributed by atoms with Crippen LogP contribution in [0.15, 0.2) is 91.0 Å². The van der Waals surface area contributed by atoms with Crippen LogP contribution in [0.1, 0.15) is 16.7 Å². The van der Waals surface area contributed by atoms with Crippen molar-refractivity contribution in [2.24, 2.45) is 5.92 Å². The van der Waals surface area contributed by atoms with E-state index in [1.54, 1.807) is 0 Å². The zero-order valence-electron chi connectivity index (χ0n) is 13.6. The Bertz CT molecular complexity index is 655. The zero-order chi connectivity index (χ0) is 15.5. The van der Waals surface area contributed by atoms with E-state index in [1.807, 2.05) is 0 Å². The Morgan fingerprint density at radius 3 is 1.17 bits per heavy atom. The van der Waals surface area contributed by atoms with E-state index < -0.39 is 0 Å². The number of halogens is 1. The number of benzene rings is 3. The molecule has 0 unspecified atom stereocenters. The van der Waals surface area contributed by atoms with Gasteiger partial charge in [-0.05, 0) is 16.7 Å². The molecule has 0 aromatic heterocycles. The quantitative estimate of drug-likeness (QED) is 0.684. The lowest BCUT2D eigenvalue weighted by molar-refractivity contribution is 0.256. The van der Waals surface area contributed by atoms with Gasteiger partial charge in [-0.2, -0.15) is 0 Å². The van der Waals surface area contributed by atoms with Crippen LogP contribution in [0.4, 0.5) is 0 Å². The number of rotatable bonds is 4. The first-order valence-corrected chi connectivity index (χ1v) is 8.29. The summed E-state index contributed by atoms with van der Waals surface area (Å²) in [4.78, 5) is 0. The molecule has 2 heteroatoms. The van der Waals surface area contributed by atoms with Crippen LogP contribution in [0, 0.1) is 5.92 Å². The van der Waals surface area contributed by atoms with Crippen molar-refractivity contribution >= 4 is 12.4 Å². The van der Waals surface area contributed by atoms with Gasteiger partial charge >= 0.3 is 0 Å². The van der Waals surface area contributed by atoms with Crippen molar-refractivity contribution in [2.75, 3.05) is 13.1 Å². The van der Waals surface area contributed by atoms with E-state index in [1.165, 1.54) is 16.7 Å². The Hall–Kier alpha value is -2.09. The third-order valence-electron chi connectivity index (χ3n) is 5.08. The van der Waals surface area contributed by atoms with Crippen molar-refractivity contribution in [3.05, 3.63) is 108 Å². The van der Waals surface area contributed by atoms with Crippen LogP contribution >= 0.6 is 12.4 Å². The predicted octanol–water partition coefficient (Wildman–Crippen LogP) is 4.66. The molecule has 4 rings (SSSR count). The van der Waals surface area contributed by atoms with Crippen LogP contribution in [0.5, 0.6) is 0 Å². The largest absolute Gasteiger partial charge is 0.316 e. The molecule has 0 aliphatic carbocycles. The molecule has 1 aliphatic heterocycles. The second kappa shape index (κ2) is 7.21. The van der Waals surface area contributed by atoms with Crippen LogP contribution in [-0.4, -0.2) is 13.1 Å². The first-order valence-electron chi connectivity index (χ1n) is 8.29. The highest BCUT2D eigenvalue weighted by atomic mass is 35.5. The first-order chi connectivity index (χ1) is 11.4. The van der Waals surface area contributed by atoms with E-state index in [4.69, 9.17) is 0 Å². The molecule has 0 radical (unpaired) electrons. The van der Waals surface area contributed by atoms with Gasteiger partial charge < -0.3 is 5.32 Å². The maximum Gasteiger partial charge on any atom is 0.0503 e. The van der Waals surface area contributed by atoms with E-state index in [-0.39, 0.29) is 17.8 Å². The van der Waals surface area contributed by atoms with Gasteiger partial charge in [-0.1, -0.05) is 91.0 Å². The van der Waals surface area contributed by atoms with Crippen LogP contribution in [-0.2, 0) is 5.41 Å². The Balaban J connectivity index is 0.00000169. The van der Waals surface area contributed by atoms with E-state index in [9.17, 15) is 0 Å². The Morgan fingerprint density at radius 2 is 0.917 bits per heavy atom. The molecule has 122 valence electrons. The lowest BCUT2D eigenvalue weighted by Crippen LogP contribution is -2.55.